The fourth-order valence-electron chi connectivity index (χ4n) is 5.10. The molecular weight excluding hydrogens is 425 g/mol. The molecule has 4 aromatic rings. The first-order valence-electron chi connectivity index (χ1n) is 12.0. The van der Waals surface area contributed by atoms with Gasteiger partial charge in [-0.3, -0.25) is 4.90 Å². The normalized spacial score (nSPS) is 17.4. The lowest BCUT2D eigenvalue weighted by Crippen LogP contribution is -2.37. The van der Waals surface area contributed by atoms with Crippen LogP contribution in [-0.4, -0.2) is 31.2 Å². The van der Waals surface area contributed by atoms with Crippen molar-refractivity contribution in [2.24, 2.45) is 0 Å². The Morgan fingerprint density at radius 2 is 1.65 bits per heavy atom. The molecule has 34 heavy (non-hydrogen) atoms. The minimum Gasteiger partial charge on any atom is -0.491 e. The fourth-order valence-corrected chi connectivity index (χ4v) is 5.10. The quantitative estimate of drug-likeness (QED) is 0.306. The third kappa shape index (κ3) is 4.51. The number of nitrogens with zero attached hydrogens (tertiary/aromatic N) is 1. The lowest BCUT2D eigenvalue weighted by Gasteiger charge is -2.35. The Labute approximate surface area is 200 Å². The summed E-state index contributed by atoms with van der Waals surface area (Å²) in [5.74, 6) is 0.798. The van der Waals surface area contributed by atoms with Crippen LogP contribution in [-0.2, 0) is 6.54 Å². The summed E-state index contributed by atoms with van der Waals surface area (Å²) in [5, 5.41) is 2.53. The number of hydrogen-bond acceptors (Lipinski definition) is 3. The molecule has 0 radical (unpaired) electrons. The zero-order valence-electron chi connectivity index (χ0n) is 19.7. The molecule has 4 heteroatoms. The highest BCUT2D eigenvalue weighted by molar-refractivity contribution is 5.85. The van der Waals surface area contributed by atoms with Crippen molar-refractivity contribution in [1.29, 1.82) is 0 Å². The molecule has 1 aliphatic heterocycles. The van der Waals surface area contributed by atoms with Gasteiger partial charge in [-0.15, -0.1) is 0 Å². The lowest BCUT2D eigenvalue weighted by atomic mass is 9.83. The van der Waals surface area contributed by atoms with Crippen molar-refractivity contribution in [1.82, 2.24) is 4.90 Å². The first kappa shape index (κ1) is 22.4. The van der Waals surface area contributed by atoms with Crippen LogP contribution in [0.1, 0.15) is 36.0 Å². The number of halogens is 1. The Morgan fingerprint density at radius 3 is 2.53 bits per heavy atom. The molecule has 0 fully saturated rings. The molecule has 0 saturated carbocycles. The van der Waals surface area contributed by atoms with Crippen molar-refractivity contribution in [2.45, 2.75) is 31.9 Å². The number of rotatable bonds is 7. The molecule has 0 saturated heterocycles. The van der Waals surface area contributed by atoms with E-state index in [2.05, 4.69) is 54.4 Å². The van der Waals surface area contributed by atoms with E-state index in [1.807, 2.05) is 43.3 Å². The second-order valence-corrected chi connectivity index (χ2v) is 8.99. The van der Waals surface area contributed by atoms with Crippen molar-refractivity contribution in [2.75, 3.05) is 20.2 Å². The maximum atomic E-state index is 15.4. The zero-order chi connectivity index (χ0) is 23.5. The van der Waals surface area contributed by atoms with Crippen LogP contribution >= 0.6 is 0 Å². The van der Waals surface area contributed by atoms with E-state index in [4.69, 9.17) is 9.47 Å². The molecule has 2 unspecified atom stereocenters. The van der Waals surface area contributed by atoms with E-state index in [1.54, 1.807) is 6.07 Å². The standard InChI is InChI=1S/C30H30FNO2/c1-3-33-29-17-9-15-26(30(29)31)27-18-23(34-28-16-7-6-14-25(27)28)20-32(2)19-22-12-8-11-21-10-4-5-13-24(21)22/h4-17,23,27H,3,18-20H2,1-2H3. The Morgan fingerprint density at radius 1 is 0.912 bits per heavy atom. The summed E-state index contributed by atoms with van der Waals surface area (Å²) in [7, 11) is 2.12. The largest absolute Gasteiger partial charge is 0.491 e. The van der Waals surface area contributed by atoms with E-state index >= 15 is 4.39 Å². The van der Waals surface area contributed by atoms with Crippen molar-refractivity contribution in [3.63, 3.8) is 0 Å². The average molecular weight is 456 g/mol. The van der Waals surface area contributed by atoms with Gasteiger partial charge in [-0.25, -0.2) is 4.39 Å². The highest BCUT2D eigenvalue weighted by Gasteiger charge is 2.32. The van der Waals surface area contributed by atoms with Crippen LogP contribution in [0.25, 0.3) is 10.8 Å². The first-order chi connectivity index (χ1) is 16.6. The topological polar surface area (TPSA) is 21.7 Å². The van der Waals surface area contributed by atoms with Gasteiger partial charge in [0.05, 0.1) is 6.61 Å². The molecule has 0 aromatic heterocycles. The molecule has 0 bridgehead atoms. The van der Waals surface area contributed by atoms with Crippen LogP contribution in [0.2, 0.25) is 0 Å². The highest BCUT2D eigenvalue weighted by atomic mass is 19.1. The second kappa shape index (κ2) is 9.86. The third-order valence-electron chi connectivity index (χ3n) is 6.59. The number of para-hydroxylation sites is 1. The van der Waals surface area contributed by atoms with E-state index < -0.39 is 0 Å². The Kier molecular flexibility index (Phi) is 6.50. The number of ether oxygens (including phenoxy) is 2. The summed E-state index contributed by atoms with van der Waals surface area (Å²) in [6.07, 6.45) is 0.665. The van der Waals surface area contributed by atoms with Crippen molar-refractivity contribution in [3.8, 4) is 11.5 Å². The van der Waals surface area contributed by atoms with Crippen LogP contribution in [0.5, 0.6) is 11.5 Å². The lowest BCUT2D eigenvalue weighted by molar-refractivity contribution is 0.117. The monoisotopic (exact) mass is 455 g/mol. The predicted octanol–water partition coefficient (Wildman–Crippen LogP) is 6.79. The molecule has 3 nitrogen and oxygen atoms in total. The summed E-state index contributed by atoms with van der Waals surface area (Å²) in [5.41, 5.74) is 3.00. The van der Waals surface area contributed by atoms with Crippen molar-refractivity contribution in [3.05, 3.63) is 107 Å². The minimum absolute atomic E-state index is 0.0463. The van der Waals surface area contributed by atoms with Gasteiger partial charge in [-0.2, -0.15) is 0 Å². The van der Waals surface area contributed by atoms with Crippen LogP contribution in [0.3, 0.4) is 0 Å². The fraction of sp³-hybridized carbons (Fsp3) is 0.267. The molecule has 0 amide bonds. The highest BCUT2D eigenvalue weighted by Crippen LogP contribution is 2.42. The maximum Gasteiger partial charge on any atom is 0.168 e. The van der Waals surface area contributed by atoms with E-state index in [-0.39, 0.29) is 17.8 Å². The van der Waals surface area contributed by atoms with Gasteiger partial charge in [-0.05, 0) is 54.4 Å². The van der Waals surface area contributed by atoms with E-state index in [0.717, 1.165) is 24.4 Å². The van der Waals surface area contributed by atoms with Crippen molar-refractivity contribution < 1.29 is 13.9 Å². The van der Waals surface area contributed by atoms with Gasteiger partial charge >= 0.3 is 0 Å². The zero-order valence-corrected chi connectivity index (χ0v) is 19.7. The number of hydrogen-bond donors (Lipinski definition) is 0. The summed E-state index contributed by atoms with van der Waals surface area (Å²) in [6, 6.07) is 28.4. The second-order valence-electron chi connectivity index (χ2n) is 8.99. The van der Waals surface area contributed by atoms with Crippen LogP contribution in [0, 0.1) is 5.82 Å². The predicted molar refractivity (Wildman–Crippen MR) is 135 cm³/mol. The molecule has 174 valence electrons. The van der Waals surface area contributed by atoms with E-state index in [1.165, 1.54) is 16.3 Å². The van der Waals surface area contributed by atoms with Crippen molar-refractivity contribution >= 4 is 10.8 Å². The average Bonchev–Trinajstić information content (AvgIpc) is 2.85. The van der Waals surface area contributed by atoms with E-state index in [9.17, 15) is 0 Å². The van der Waals surface area contributed by atoms with Crippen LogP contribution in [0.15, 0.2) is 84.9 Å². The van der Waals surface area contributed by atoms with Gasteiger partial charge in [-0.1, -0.05) is 72.8 Å². The van der Waals surface area contributed by atoms with Gasteiger partial charge in [0.15, 0.2) is 11.6 Å². The molecule has 4 aromatic carbocycles. The maximum absolute atomic E-state index is 15.4. The Hall–Kier alpha value is -3.37. The van der Waals surface area contributed by atoms with E-state index in [0.29, 0.717) is 24.3 Å². The third-order valence-corrected chi connectivity index (χ3v) is 6.59. The summed E-state index contributed by atoms with van der Waals surface area (Å²) >= 11 is 0. The Balaban J connectivity index is 1.39. The van der Waals surface area contributed by atoms with Gasteiger partial charge in [0, 0.05) is 24.6 Å². The summed E-state index contributed by atoms with van der Waals surface area (Å²) in [6.45, 7) is 3.88. The van der Waals surface area contributed by atoms with Gasteiger partial charge in [0.25, 0.3) is 0 Å². The molecule has 0 N–H and O–H groups in total. The molecule has 0 spiro atoms. The smallest absolute Gasteiger partial charge is 0.168 e. The molecule has 5 rings (SSSR count). The van der Waals surface area contributed by atoms with Crippen LogP contribution in [0.4, 0.5) is 4.39 Å². The minimum atomic E-state index is -0.270. The van der Waals surface area contributed by atoms with Gasteiger partial charge in [0.1, 0.15) is 11.9 Å². The van der Waals surface area contributed by atoms with Gasteiger partial charge in [0.2, 0.25) is 0 Å². The van der Waals surface area contributed by atoms with Crippen LogP contribution < -0.4 is 9.47 Å². The molecule has 1 aliphatic rings. The molecule has 2 atom stereocenters. The number of likely N-dealkylation sites (N-methyl/N-ethyl adjacent to an activating group) is 1. The SMILES string of the molecule is CCOc1cccc(C2CC(CN(C)Cc3cccc4ccccc34)Oc3ccccc32)c1F. The Bertz CT molecular complexity index is 1280. The number of benzene rings is 4. The molecular formula is C30H30FNO2. The summed E-state index contributed by atoms with van der Waals surface area (Å²) in [4.78, 5) is 2.30. The molecule has 1 heterocycles. The summed E-state index contributed by atoms with van der Waals surface area (Å²) < 4.78 is 27.3. The first-order valence-corrected chi connectivity index (χ1v) is 12.0. The number of fused-ring (bicyclic) bond motifs is 2. The molecule has 0 aliphatic carbocycles. The van der Waals surface area contributed by atoms with Gasteiger partial charge < -0.3 is 9.47 Å².